The molecule has 0 fully saturated rings. The van der Waals surface area contributed by atoms with Crippen LogP contribution >= 0.6 is 0 Å². The lowest BCUT2D eigenvalue weighted by Gasteiger charge is -2.14. The van der Waals surface area contributed by atoms with E-state index in [0.29, 0.717) is 23.7 Å². The van der Waals surface area contributed by atoms with Gasteiger partial charge in [-0.3, -0.25) is 4.98 Å². The number of rotatable bonds is 6. The Kier molecular flexibility index (Phi) is 5.20. The quantitative estimate of drug-likeness (QED) is 0.483. The predicted molar refractivity (Wildman–Crippen MR) is 113 cm³/mol. The first-order valence-electron chi connectivity index (χ1n) is 9.27. The molecule has 0 atom stereocenters. The van der Waals surface area contributed by atoms with Crippen LogP contribution < -0.4 is 15.4 Å². The van der Waals surface area contributed by atoms with Crippen LogP contribution in [0.4, 0.5) is 21.6 Å². The van der Waals surface area contributed by atoms with Gasteiger partial charge < -0.3 is 15.4 Å². The molecule has 0 aliphatic carbocycles. The molecule has 7 heteroatoms. The lowest BCUT2D eigenvalue weighted by atomic mass is 10.1. The Bertz CT molecular complexity index is 1160. The van der Waals surface area contributed by atoms with Crippen LogP contribution in [0.5, 0.6) is 5.75 Å². The summed E-state index contributed by atoms with van der Waals surface area (Å²) < 4.78 is 19.8. The number of nitrogens with zero attached hydrogens (tertiary/aromatic N) is 3. The molecular weight excluding hydrogens is 369 g/mol. The molecule has 2 N–H and O–H groups in total. The molecular formula is C22H20FN5O. The molecule has 0 amide bonds. The monoisotopic (exact) mass is 389 g/mol. The third-order valence-corrected chi connectivity index (χ3v) is 4.48. The number of aromatic nitrogens is 3. The Morgan fingerprint density at radius 1 is 1.03 bits per heavy atom. The van der Waals surface area contributed by atoms with Crippen molar-refractivity contribution in [2.24, 2.45) is 0 Å². The summed E-state index contributed by atoms with van der Waals surface area (Å²) in [7, 11) is 1.84. The van der Waals surface area contributed by atoms with Crippen molar-refractivity contribution in [2.75, 3.05) is 24.3 Å². The van der Waals surface area contributed by atoms with Gasteiger partial charge in [0.15, 0.2) is 0 Å². The van der Waals surface area contributed by atoms with Gasteiger partial charge in [-0.25, -0.2) is 14.4 Å². The number of benzene rings is 2. The summed E-state index contributed by atoms with van der Waals surface area (Å²) >= 11 is 0. The van der Waals surface area contributed by atoms with Crippen molar-refractivity contribution in [2.45, 2.75) is 6.92 Å². The van der Waals surface area contributed by atoms with Crippen molar-refractivity contribution in [3.63, 3.8) is 0 Å². The number of pyridine rings is 1. The van der Waals surface area contributed by atoms with Gasteiger partial charge in [0.05, 0.1) is 23.5 Å². The zero-order valence-electron chi connectivity index (χ0n) is 16.1. The number of nitrogens with one attached hydrogen (secondary N) is 2. The fourth-order valence-corrected chi connectivity index (χ4v) is 3.12. The van der Waals surface area contributed by atoms with Crippen LogP contribution in [0.1, 0.15) is 6.92 Å². The Balaban J connectivity index is 1.73. The second-order valence-corrected chi connectivity index (χ2v) is 6.31. The molecule has 0 aliphatic rings. The van der Waals surface area contributed by atoms with Gasteiger partial charge in [-0.15, -0.1) is 0 Å². The van der Waals surface area contributed by atoms with Crippen molar-refractivity contribution in [3.05, 3.63) is 66.9 Å². The maximum absolute atomic E-state index is 14.1. The van der Waals surface area contributed by atoms with E-state index in [-0.39, 0.29) is 5.82 Å². The summed E-state index contributed by atoms with van der Waals surface area (Å²) in [5, 5.41) is 7.28. The van der Waals surface area contributed by atoms with Crippen LogP contribution in [0.2, 0.25) is 0 Å². The molecule has 0 radical (unpaired) electrons. The summed E-state index contributed by atoms with van der Waals surface area (Å²) in [6.07, 6.45) is 3.14. The normalized spacial score (nSPS) is 10.7. The van der Waals surface area contributed by atoms with Crippen LogP contribution in [-0.2, 0) is 0 Å². The fraction of sp³-hybridized carbons (Fsp3) is 0.136. The Labute approximate surface area is 167 Å². The fourth-order valence-electron chi connectivity index (χ4n) is 3.12. The third kappa shape index (κ3) is 3.80. The van der Waals surface area contributed by atoms with Gasteiger partial charge in [0.2, 0.25) is 0 Å². The second-order valence-electron chi connectivity index (χ2n) is 6.31. The van der Waals surface area contributed by atoms with Gasteiger partial charge in [0.25, 0.3) is 0 Å². The Morgan fingerprint density at radius 3 is 2.69 bits per heavy atom. The highest BCUT2D eigenvalue weighted by molar-refractivity contribution is 5.95. The van der Waals surface area contributed by atoms with Gasteiger partial charge in [-0.2, -0.15) is 0 Å². The Morgan fingerprint density at radius 2 is 1.90 bits per heavy atom. The number of hydrogen-bond acceptors (Lipinski definition) is 6. The van der Waals surface area contributed by atoms with Crippen LogP contribution in [0, 0.1) is 5.82 Å². The molecule has 0 spiro atoms. The molecule has 146 valence electrons. The van der Waals surface area contributed by atoms with Crippen molar-refractivity contribution >= 4 is 28.1 Å². The molecule has 4 aromatic rings. The molecule has 6 nitrogen and oxygen atoms in total. The molecule has 0 bridgehead atoms. The molecule has 4 rings (SSSR count). The minimum absolute atomic E-state index is 0.313. The summed E-state index contributed by atoms with van der Waals surface area (Å²) in [4.78, 5) is 13.0. The predicted octanol–water partition coefficient (Wildman–Crippen LogP) is 5.01. The smallest absolute Gasteiger partial charge is 0.144 e. The molecule has 0 aliphatic heterocycles. The van der Waals surface area contributed by atoms with Crippen molar-refractivity contribution < 1.29 is 9.13 Å². The number of hydrogen-bond donors (Lipinski definition) is 2. The van der Waals surface area contributed by atoms with Crippen LogP contribution in [0.25, 0.3) is 22.2 Å². The first kappa shape index (κ1) is 18.6. The third-order valence-electron chi connectivity index (χ3n) is 4.48. The number of fused-ring (bicyclic) bond motifs is 1. The van der Waals surface area contributed by atoms with Gasteiger partial charge in [-0.1, -0.05) is 12.1 Å². The lowest BCUT2D eigenvalue weighted by Crippen LogP contribution is -2.01. The molecule has 2 aromatic carbocycles. The Hall–Kier alpha value is -3.74. The van der Waals surface area contributed by atoms with E-state index < -0.39 is 0 Å². The summed E-state index contributed by atoms with van der Waals surface area (Å²) in [5.74, 6) is 1.06. The molecule has 0 saturated heterocycles. The van der Waals surface area contributed by atoms with Gasteiger partial charge in [0.1, 0.15) is 23.7 Å². The lowest BCUT2D eigenvalue weighted by molar-refractivity contribution is 0.342. The largest absolute Gasteiger partial charge is 0.492 e. The second kappa shape index (κ2) is 8.10. The van der Waals surface area contributed by atoms with Gasteiger partial charge >= 0.3 is 0 Å². The first-order valence-corrected chi connectivity index (χ1v) is 9.27. The molecule has 2 heterocycles. The number of anilines is 3. The topological polar surface area (TPSA) is 72.0 Å². The van der Waals surface area contributed by atoms with Gasteiger partial charge in [-0.05, 0) is 37.3 Å². The van der Waals surface area contributed by atoms with Crippen LogP contribution in [0.15, 0.2) is 61.1 Å². The number of halogens is 1. The van der Waals surface area contributed by atoms with Crippen molar-refractivity contribution in [1.29, 1.82) is 0 Å². The zero-order chi connectivity index (χ0) is 20.2. The van der Waals surface area contributed by atoms with E-state index in [2.05, 4.69) is 25.6 Å². The van der Waals surface area contributed by atoms with Crippen LogP contribution in [-0.4, -0.2) is 28.6 Å². The summed E-state index contributed by atoms with van der Waals surface area (Å²) in [6.45, 7) is 2.50. The highest BCUT2D eigenvalue weighted by Gasteiger charge is 2.11. The van der Waals surface area contributed by atoms with E-state index in [9.17, 15) is 4.39 Å². The molecule has 0 saturated carbocycles. The van der Waals surface area contributed by atoms with E-state index in [4.69, 9.17) is 4.74 Å². The van der Waals surface area contributed by atoms with E-state index in [1.807, 2.05) is 32.2 Å². The van der Waals surface area contributed by atoms with Crippen LogP contribution in [0.3, 0.4) is 0 Å². The maximum Gasteiger partial charge on any atom is 0.144 e. The standard InChI is InChI=1S/C22H20FN5O/c1-3-29-21-12-19-16(11-20(21)24-2)22(27-13-26-19)28-14-8-9-25-18(10-14)15-6-4-5-7-17(15)23/h4-13,24H,3H2,1-2H3,(H,25,26,27,28). The molecule has 2 aromatic heterocycles. The maximum atomic E-state index is 14.1. The molecule has 29 heavy (non-hydrogen) atoms. The highest BCUT2D eigenvalue weighted by atomic mass is 19.1. The average Bonchev–Trinajstić information content (AvgIpc) is 2.74. The van der Waals surface area contributed by atoms with Crippen molar-refractivity contribution in [1.82, 2.24) is 15.0 Å². The van der Waals surface area contributed by atoms with Crippen molar-refractivity contribution in [3.8, 4) is 17.0 Å². The van der Waals surface area contributed by atoms with E-state index in [0.717, 1.165) is 28.0 Å². The zero-order valence-corrected chi connectivity index (χ0v) is 16.1. The van der Waals surface area contributed by atoms with E-state index in [1.54, 1.807) is 30.5 Å². The minimum Gasteiger partial charge on any atom is -0.492 e. The first-order chi connectivity index (χ1) is 14.2. The summed E-state index contributed by atoms with van der Waals surface area (Å²) in [5.41, 5.74) is 3.34. The number of ether oxygens (including phenoxy) is 1. The highest BCUT2D eigenvalue weighted by Crippen LogP contribution is 2.33. The SMILES string of the molecule is CCOc1cc2ncnc(Nc3ccnc(-c4ccccc4F)c3)c2cc1NC. The average molecular weight is 389 g/mol. The molecule has 0 unspecified atom stereocenters. The minimum atomic E-state index is -0.313. The van der Waals surface area contributed by atoms with Gasteiger partial charge in [0, 0.05) is 35.9 Å². The van der Waals surface area contributed by atoms with E-state index in [1.165, 1.54) is 12.4 Å². The summed E-state index contributed by atoms with van der Waals surface area (Å²) in [6, 6.07) is 14.0. The van der Waals surface area contributed by atoms with E-state index >= 15 is 0 Å².